The van der Waals surface area contributed by atoms with Gasteiger partial charge in [0.15, 0.2) is 11.5 Å². The first-order valence-corrected chi connectivity index (χ1v) is 6.36. The molecule has 0 unspecified atom stereocenters. The van der Waals surface area contributed by atoms with Crippen LogP contribution < -0.4 is 10.6 Å². The van der Waals surface area contributed by atoms with E-state index < -0.39 is 0 Å². The summed E-state index contributed by atoms with van der Waals surface area (Å²) in [5.74, 6) is 2.40. The zero-order valence-electron chi connectivity index (χ0n) is 9.24. The van der Waals surface area contributed by atoms with Crippen LogP contribution in [-0.4, -0.2) is 45.5 Å². The molecule has 0 spiro atoms. The van der Waals surface area contributed by atoms with E-state index in [2.05, 4.69) is 36.8 Å². The molecule has 0 aliphatic heterocycles. The van der Waals surface area contributed by atoms with Crippen LogP contribution in [0.25, 0.3) is 11.2 Å². The van der Waals surface area contributed by atoms with E-state index in [9.17, 15) is 0 Å². The number of anilines is 2. The molecule has 0 fully saturated rings. The highest BCUT2D eigenvalue weighted by molar-refractivity contribution is 7.98. The van der Waals surface area contributed by atoms with Gasteiger partial charge in [-0.05, 0) is 6.26 Å². The minimum absolute atomic E-state index is 0.575. The quantitative estimate of drug-likeness (QED) is 0.679. The number of aromatic nitrogens is 4. The molecular formula is C9H14N6S. The summed E-state index contributed by atoms with van der Waals surface area (Å²) in [6, 6.07) is 0. The van der Waals surface area contributed by atoms with Crippen molar-refractivity contribution in [1.82, 2.24) is 19.9 Å². The van der Waals surface area contributed by atoms with Crippen molar-refractivity contribution in [3.63, 3.8) is 0 Å². The van der Waals surface area contributed by atoms with Crippen molar-refractivity contribution in [3.8, 4) is 0 Å². The van der Waals surface area contributed by atoms with Gasteiger partial charge in [-0.2, -0.15) is 21.7 Å². The van der Waals surface area contributed by atoms with E-state index in [0.29, 0.717) is 11.6 Å². The summed E-state index contributed by atoms with van der Waals surface area (Å²) in [6.45, 7) is 0.870. The van der Waals surface area contributed by atoms with E-state index in [1.807, 2.05) is 0 Å². The maximum absolute atomic E-state index is 4.35. The minimum Gasteiger partial charge on any atom is -0.367 e. The number of fused-ring (bicyclic) bond motifs is 1. The van der Waals surface area contributed by atoms with Crippen LogP contribution in [0.4, 0.5) is 11.8 Å². The molecule has 0 aliphatic rings. The van der Waals surface area contributed by atoms with E-state index in [0.717, 1.165) is 23.6 Å². The highest BCUT2D eigenvalue weighted by Crippen LogP contribution is 2.18. The number of H-pyrrole nitrogens is 1. The Balaban J connectivity index is 2.29. The van der Waals surface area contributed by atoms with Crippen molar-refractivity contribution in [2.24, 2.45) is 0 Å². The van der Waals surface area contributed by atoms with Gasteiger partial charge in [-0.15, -0.1) is 0 Å². The Labute approximate surface area is 97.7 Å². The number of nitrogens with zero attached hydrogens (tertiary/aromatic N) is 3. The van der Waals surface area contributed by atoms with E-state index in [4.69, 9.17) is 0 Å². The molecular weight excluding hydrogens is 224 g/mol. The van der Waals surface area contributed by atoms with Gasteiger partial charge in [-0.1, -0.05) is 0 Å². The molecule has 0 saturated heterocycles. The molecule has 0 amide bonds. The fourth-order valence-corrected chi connectivity index (χ4v) is 1.65. The Morgan fingerprint density at radius 3 is 3.06 bits per heavy atom. The molecule has 6 nitrogen and oxygen atoms in total. The van der Waals surface area contributed by atoms with Gasteiger partial charge in [0.2, 0.25) is 5.95 Å². The Kier molecular flexibility index (Phi) is 3.45. The molecule has 2 heterocycles. The van der Waals surface area contributed by atoms with Crippen LogP contribution in [0, 0.1) is 0 Å². The average Bonchev–Trinajstić information content (AvgIpc) is 2.77. The standard InChI is InChI=1S/C9H14N6S/c1-10-9-14-7(11-3-4-16-2)6-8(15-9)13-5-12-6/h5H,3-4H2,1-2H3,(H3,10,11,12,13,14,15). The lowest BCUT2D eigenvalue weighted by atomic mass is 10.5. The van der Waals surface area contributed by atoms with Gasteiger partial charge in [0.25, 0.3) is 0 Å². The molecule has 0 atom stereocenters. The molecule has 3 N–H and O–H groups in total. The van der Waals surface area contributed by atoms with Crippen molar-refractivity contribution in [2.75, 3.05) is 36.2 Å². The van der Waals surface area contributed by atoms with E-state index >= 15 is 0 Å². The lowest BCUT2D eigenvalue weighted by Gasteiger charge is -2.06. The molecule has 7 heteroatoms. The largest absolute Gasteiger partial charge is 0.367 e. The van der Waals surface area contributed by atoms with Crippen LogP contribution in [0.3, 0.4) is 0 Å². The van der Waals surface area contributed by atoms with Gasteiger partial charge in [0, 0.05) is 19.3 Å². The van der Waals surface area contributed by atoms with Crippen LogP contribution in [-0.2, 0) is 0 Å². The summed E-state index contributed by atoms with van der Waals surface area (Å²) >= 11 is 1.79. The van der Waals surface area contributed by atoms with Crippen molar-refractivity contribution >= 4 is 34.7 Å². The lowest BCUT2D eigenvalue weighted by molar-refractivity contribution is 1.13. The Morgan fingerprint density at radius 2 is 2.31 bits per heavy atom. The summed E-state index contributed by atoms with van der Waals surface area (Å²) in [7, 11) is 1.79. The van der Waals surface area contributed by atoms with Crippen molar-refractivity contribution in [3.05, 3.63) is 6.33 Å². The minimum atomic E-state index is 0.575. The zero-order chi connectivity index (χ0) is 11.4. The number of hydrogen-bond donors (Lipinski definition) is 3. The molecule has 0 aromatic carbocycles. The maximum Gasteiger partial charge on any atom is 0.226 e. The number of aromatic amines is 1. The lowest BCUT2D eigenvalue weighted by Crippen LogP contribution is -2.08. The first kappa shape index (κ1) is 11.0. The number of thioether (sulfide) groups is 1. The first-order chi connectivity index (χ1) is 7.85. The third-order valence-electron chi connectivity index (χ3n) is 2.11. The summed E-state index contributed by atoms with van der Waals surface area (Å²) in [5.41, 5.74) is 1.52. The zero-order valence-corrected chi connectivity index (χ0v) is 10.1. The third kappa shape index (κ3) is 2.19. The summed E-state index contributed by atoms with van der Waals surface area (Å²) in [5, 5.41) is 6.18. The highest BCUT2D eigenvalue weighted by Gasteiger charge is 2.08. The van der Waals surface area contributed by atoms with Crippen LogP contribution in [0.15, 0.2) is 6.33 Å². The first-order valence-electron chi connectivity index (χ1n) is 4.97. The number of hydrogen-bond acceptors (Lipinski definition) is 6. The topological polar surface area (TPSA) is 78.5 Å². The maximum atomic E-state index is 4.35. The second kappa shape index (κ2) is 5.02. The summed E-state index contributed by atoms with van der Waals surface area (Å²) < 4.78 is 0. The van der Waals surface area contributed by atoms with Gasteiger partial charge in [0.05, 0.1) is 6.33 Å². The van der Waals surface area contributed by atoms with Gasteiger partial charge < -0.3 is 15.6 Å². The molecule has 0 bridgehead atoms. The van der Waals surface area contributed by atoms with E-state index in [-0.39, 0.29) is 0 Å². The predicted octanol–water partition coefficient (Wildman–Crippen LogP) is 1.17. The Bertz CT molecular complexity index is 468. The second-order valence-electron chi connectivity index (χ2n) is 3.17. The van der Waals surface area contributed by atoms with Crippen molar-refractivity contribution in [2.45, 2.75) is 0 Å². The molecule has 0 aliphatic carbocycles. The van der Waals surface area contributed by atoms with Gasteiger partial charge in [-0.25, -0.2) is 4.98 Å². The summed E-state index contributed by atoms with van der Waals surface area (Å²) in [6.07, 6.45) is 3.70. The molecule has 2 aromatic rings. The molecule has 86 valence electrons. The second-order valence-corrected chi connectivity index (χ2v) is 4.15. The SMILES string of the molecule is CNc1nc(NCCSC)c2[nH]cnc2n1. The van der Waals surface area contributed by atoms with E-state index in [1.165, 1.54) is 0 Å². The third-order valence-corrected chi connectivity index (χ3v) is 2.72. The number of imidazole rings is 1. The Morgan fingerprint density at radius 1 is 1.44 bits per heavy atom. The van der Waals surface area contributed by atoms with Gasteiger partial charge >= 0.3 is 0 Å². The van der Waals surface area contributed by atoms with Crippen LogP contribution >= 0.6 is 11.8 Å². The summed E-state index contributed by atoms with van der Waals surface area (Å²) in [4.78, 5) is 15.7. The Hall–Kier alpha value is -1.50. The molecule has 0 radical (unpaired) electrons. The molecule has 16 heavy (non-hydrogen) atoms. The fraction of sp³-hybridized carbons (Fsp3) is 0.444. The fourth-order valence-electron chi connectivity index (χ4n) is 1.34. The molecule has 0 saturated carbocycles. The number of rotatable bonds is 5. The number of nitrogens with one attached hydrogen (secondary N) is 3. The van der Waals surface area contributed by atoms with Gasteiger partial charge in [0.1, 0.15) is 5.52 Å². The van der Waals surface area contributed by atoms with Gasteiger partial charge in [-0.3, -0.25) is 0 Å². The van der Waals surface area contributed by atoms with Crippen LogP contribution in [0.5, 0.6) is 0 Å². The molecule has 2 aromatic heterocycles. The van der Waals surface area contributed by atoms with Crippen molar-refractivity contribution < 1.29 is 0 Å². The average molecular weight is 238 g/mol. The smallest absolute Gasteiger partial charge is 0.226 e. The van der Waals surface area contributed by atoms with E-state index in [1.54, 1.807) is 25.1 Å². The molecule has 2 rings (SSSR count). The van der Waals surface area contributed by atoms with Crippen LogP contribution in [0.1, 0.15) is 0 Å². The normalized spacial score (nSPS) is 10.6. The van der Waals surface area contributed by atoms with Crippen molar-refractivity contribution in [1.29, 1.82) is 0 Å². The van der Waals surface area contributed by atoms with Crippen LogP contribution in [0.2, 0.25) is 0 Å². The highest BCUT2D eigenvalue weighted by atomic mass is 32.2. The monoisotopic (exact) mass is 238 g/mol. The predicted molar refractivity (Wildman–Crippen MR) is 68.1 cm³/mol.